The van der Waals surface area contributed by atoms with Crippen LogP contribution in [0.4, 0.5) is 0 Å². The van der Waals surface area contributed by atoms with Crippen molar-refractivity contribution < 1.29 is 4.74 Å². The van der Waals surface area contributed by atoms with Crippen LogP contribution in [0.1, 0.15) is 13.3 Å². The number of methoxy groups -OCH3 is 1. The fourth-order valence-electron chi connectivity index (χ4n) is 1.51. The van der Waals surface area contributed by atoms with Gasteiger partial charge in [0.2, 0.25) is 0 Å². The quantitative estimate of drug-likeness (QED) is 0.535. The molecule has 10 heavy (non-hydrogen) atoms. The third-order valence-corrected chi connectivity index (χ3v) is 2.16. The van der Waals surface area contributed by atoms with Gasteiger partial charge < -0.3 is 4.74 Å². The minimum absolute atomic E-state index is 0.416. The SMILES string of the molecule is COC1CCN(N)CC1C. The van der Waals surface area contributed by atoms with E-state index in [2.05, 4.69) is 6.92 Å². The molecular weight excluding hydrogens is 128 g/mol. The lowest BCUT2D eigenvalue weighted by atomic mass is 9.98. The van der Waals surface area contributed by atoms with Gasteiger partial charge in [-0.1, -0.05) is 6.92 Å². The van der Waals surface area contributed by atoms with Gasteiger partial charge in [-0.3, -0.25) is 5.84 Å². The maximum atomic E-state index is 5.62. The lowest BCUT2D eigenvalue weighted by molar-refractivity contribution is 0.000338. The van der Waals surface area contributed by atoms with Crippen LogP contribution in [0.3, 0.4) is 0 Å². The van der Waals surface area contributed by atoms with E-state index in [0.29, 0.717) is 12.0 Å². The Morgan fingerprint density at radius 3 is 2.80 bits per heavy atom. The highest BCUT2D eigenvalue weighted by Gasteiger charge is 2.23. The van der Waals surface area contributed by atoms with Crippen molar-refractivity contribution in [2.24, 2.45) is 11.8 Å². The van der Waals surface area contributed by atoms with Gasteiger partial charge in [0.05, 0.1) is 6.10 Å². The van der Waals surface area contributed by atoms with Crippen molar-refractivity contribution in [3.05, 3.63) is 0 Å². The van der Waals surface area contributed by atoms with Crippen LogP contribution in [0.15, 0.2) is 0 Å². The molecule has 0 aromatic heterocycles. The van der Waals surface area contributed by atoms with E-state index in [0.717, 1.165) is 19.5 Å². The lowest BCUT2D eigenvalue weighted by Crippen LogP contribution is -2.46. The highest BCUT2D eigenvalue weighted by Crippen LogP contribution is 2.16. The van der Waals surface area contributed by atoms with Gasteiger partial charge in [-0.15, -0.1) is 0 Å². The van der Waals surface area contributed by atoms with Crippen LogP contribution in [-0.2, 0) is 4.74 Å². The first-order chi connectivity index (χ1) is 4.74. The Kier molecular flexibility index (Phi) is 2.65. The van der Waals surface area contributed by atoms with Crippen LogP contribution < -0.4 is 5.84 Å². The molecule has 0 aromatic carbocycles. The summed E-state index contributed by atoms with van der Waals surface area (Å²) < 4.78 is 5.27. The third kappa shape index (κ3) is 1.68. The zero-order chi connectivity index (χ0) is 7.56. The van der Waals surface area contributed by atoms with Crippen LogP contribution in [0.5, 0.6) is 0 Å². The summed E-state index contributed by atoms with van der Waals surface area (Å²) in [5, 5.41) is 1.86. The summed E-state index contributed by atoms with van der Waals surface area (Å²) in [6.07, 6.45) is 1.48. The topological polar surface area (TPSA) is 38.5 Å². The normalized spacial score (nSPS) is 36.3. The molecule has 0 saturated carbocycles. The lowest BCUT2D eigenvalue weighted by Gasteiger charge is -2.33. The van der Waals surface area contributed by atoms with Gasteiger partial charge in [0.1, 0.15) is 0 Å². The minimum atomic E-state index is 0.416. The van der Waals surface area contributed by atoms with Crippen LogP contribution in [0.2, 0.25) is 0 Å². The monoisotopic (exact) mass is 144 g/mol. The molecule has 1 heterocycles. The second kappa shape index (κ2) is 3.32. The first-order valence-corrected chi connectivity index (χ1v) is 3.76. The number of hydrazine groups is 1. The van der Waals surface area contributed by atoms with Crippen molar-refractivity contribution in [3.63, 3.8) is 0 Å². The Morgan fingerprint density at radius 1 is 1.60 bits per heavy atom. The molecule has 0 radical (unpaired) electrons. The van der Waals surface area contributed by atoms with Crippen LogP contribution >= 0.6 is 0 Å². The molecule has 3 heteroatoms. The van der Waals surface area contributed by atoms with Crippen molar-refractivity contribution in [1.82, 2.24) is 5.01 Å². The molecule has 1 rings (SSSR count). The smallest absolute Gasteiger partial charge is 0.0622 e. The fraction of sp³-hybridized carbons (Fsp3) is 1.00. The Morgan fingerprint density at radius 2 is 2.30 bits per heavy atom. The summed E-state index contributed by atoms with van der Waals surface area (Å²) in [6.45, 7) is 4.09. The molecule has 1 saturated heterocycles. The Hall–Kier alpha value is -0.120. The molecule has 2 unspecified atom stereocenters. The number of nitrogens with zero attached hydrogens (tertiary/aromatic N) is 1. The maximum Gasteiger partial charge on any atom is 0.0622 e. The van der Waals surface area contributed by atoms with E-state index in [1.807, 2.05) is 5.01 Å². The maximum absolute atomic E-state index is 5.62. The predicted octanol–water partition coefficient (Wildman–Crippen LogP) is 0.217. The van der Waals surface area contributed by atoms with Crippen LogP contribution in [-0.4, -0.2) is 31.3 Å². The highest BCUT2D eigenvalue weighted by molar-refractivity contribution is 4.74. The van der Waals surface area contributed by atoms with Crippen molar-refractivity contribution in [2.45, 2.75) is 19.4 Å². The summed E-state index contributed by atoms with van der Waals surface area (Å²) in [4.78, 5) is 0. The summed E-state index contributed by atoms with van der Waals surface area (Å²) in [6, 6.07) is 0. The van der Waals surface area contributed by atoms with Crippen LogP contribution in [0, 0.1) is 5.92 Å². The summed E-state index contributed by atoms with van der Waals surface area (Å²) in [5.41, 5.74) is 0. The average molecular weight is 144 g/mol. The highest BCUT2D eigenvalue weighted by atomic mass is 16.5. The zero-order valence-electron chi connectivity index (χ0n) is 6.71. The number of nitrogens with two attached hydrogens (primary N) is 1. The number of rotatable bonds is 1. The first kappa shape index (κ1) is 7.98. The molecule has 1 fully saturated rings. The molecule has 60 valence electrons. The second-order valence-corrected chi connectivity index (χ2v) is 3.04. The van der Waals surface area contributed by atoms with Crippen molar-refractivity contribution in [2.75, 3.05) is 20.2 Å². The summed E-state index contributed by atoms with van der Waals surface area (Å²) in [5.74, 6) is 6.19. The summed E-state index contributed by atoms with van der Waals surface area (Å²) in [7, 11) is 1.77. The van der Waals surface area contributed by atoms with Gasteiger partial charge in [-0.05, 0) is 12.3 Å². The van der Waals surface area contributed by atoms with E-state index in [1.54, 1.807) is 7.11 Å². The Balaban J connectivity index is 2.36. The predicted molar refractivity (Wildman–Crippen MR) is 40.3 cm³/mol. The van der Waals surface area contributed by atoms with E-state index in [9.17, 15) is 0 Å². The average Bonchev–Trinajstić information content (AvgIpc) is 1.88. The first-order valence-electron chi connectivity index (χ1n) is 3.76. The third-order valence-electron chi connectivity index (χ3n) is 2.16. The number of hydrogen-bond donors (Lipinski definition) is 1. The van der Waals surface area contributed by atoms with E-state index in [4.69, 9.17) is 10.6 Å². The van der Waals surface area contributed by atoms with E-state index < -0.39 is 0 Å². The van der Waals surface area contributed by atoms with Gasteiger partial charge >= 0.3 is 0 Å². The van der Waals surface area contributed by atoms with E-state index in [1.165, 1.54) is 0 Å². The molecule has 2 atom stereocenters. The molecular formula is C7H16N2O. The summed E-state index contributed by atoms with van der Waals surface area (Å²) >= 11 is 0. The second-order valence-electron chi connectivity index (χ2n) is 3.04. The van der Waals surface area contributed by atoms with Gasteiger partial charge in [0, 0.05) is 20.2 Å². The van der Waals surface area contributed by atoms with Crippen molar-refractivity contribution in [3.8, 4) is 0 Å². The molecule has 0 aromatic rings. The fourth-order valence-corrected chi connectivity index (χ4v) is 1.51. The Bertz CT molecular complexity index is 108. The number of piperidine rings is 1. The zero-order valence-corrected chi connectivity index (χ0v) is 6.71. The molecule has 0 spiro atoms. The van der Waals surface area contributed by atoms with Gasteiger partial charge in [-0.2, -0.15) is 0 Å². The number of ether oxygens (including phenoxy) is 1. The minimum Gasteiger partial charge on any atom is -0.381 e. The molecule has 2 N–H and O–H groups in total. The molecule has 0 bridgehead atoms. The molecule has 1 aliphatic heterocycles. The van der Waals surface area contributed by atoms with Gasteiger partial charge in [-0.25, -0.2) is 5.01 Å². The van der Waals surface area contributed by atoms with E-state index >= 15 is 0 Å². The van der Waals surface area contributed by atoms with Gasteiger partial charge in [0.25, 0.3) is 0 Å². The van der Waals surface area contributed by atoms with Crippen molar-refractivity contribution >= 4 is 0 Å². The largest absolute Gasteiger partial charge is 0.381 e. The van der Waals surface area contributed by atoms with E-state index in [-0.39, 0.29) is 0 Å². The standard InChI is InChI=1S/C7H16N2O/c1-6-5-9(8)4-3-7(6)10-2/h6-7H,3-5,8H2,1-2H3. The van der Waals surface area contributed by atoms with Crippen LogP contribution in [0.25, 0.3) is 0 Å². The number of hydrogen-bond acceptors (Lipinski definition) is 3. The molecule has 0 aliphatic carbocycles. The van der Waals surface area contributed by atoms with Crippen molar-refractivity contribution in [1.29, 1.82) is 0 Å². The van der Waals surface area contributed by atoms with Gasteiger partial charge in [0.15, 0.2) is 0 Å². The molecule has 1 aliphatic rings. The molecule has 3 nitrogen and oxygen atoms in total. The molecule has 0 amide bonds. The Labute approximate surface area is 62.1 Å².